The van der Waals surface area contributed by atoms with Gasteiger partial charge in [0, 0.05) is 18.4 Å². The van der Waals surface area contributed by atoms with Crippen LogP contribution in [0, 0.1) is 5.92 Å². The molecule has 0 aliphatic carbocycles. The third-order valence-electron chi connectivity index (χ3n) is 2.87. The molecule has 0 amide bonds. The van der Waals surface area contributed by atoms with Crippen LogP contribution in [0.5, 0.6) is 0 Å². The first kappa shape index (κ1) is 9.74. The van der Waals surface area contributed by atoms with E-state index in [9.17, 15) is 0 Å². The first-order valence-electron chi connectivity index (χ1n) is 5.49. The molecule has 2 heterocycles. The number of aromatic amines is 1. The fraction of sp³-hybridized carbons (Fsp3) is 0.636. The summed E-state index contributed by atoms with van der Waals surface area (Å²) in [5.41, 5.74) is 1.27. The summed E-state index contributed by atoms with van der Waals surface area (Å²) in [6, 6.07) is 4.15. The molecule has 3 N–H and O–H groups in total. The number of rotatable bonds is 5. The van der Waals surface area contributed by atoms with E-state index < -0.39 is 0 Å². The van der Waals surface area contributed by atoms with Gasteiger partial charge in [0.15, 0.2) is 0 Å². The Morgan fingerprint density at radius 1 is 1.50 bits per heavy atom. The van der Waals surface area contributed by atoms with Gasteiger partial charge in [0.2, 0.25) is 0 Å². The third kappa shape index (κ3) is 2.86. The molecule has 3 heteroatoms. The van der Waals surface area contributed by atoms with Gasteiger partial charge in [0.05, 0.1) is 0 Å². The molecular weight excluding hydrogens is 174 g/mol. The van der Waals surface area contributed by atoms with Gasteiger partial charge in [-0.15, -0.1) is 0 Å². The Hall–Kier alpha value is -0.800. The van der Waals surface area contributed by atoms with Crippen molar-refractivity contribution in [3.05, 3.63) is 24.0 Å². The van der Waals surface area contributed by atoms with E-state index >= 15 is 0 Å². The van der Waals surface area contributed by atoms with Crippen LogP contribution < -0.4 is 10.6 Å². The van der Waals surface area contributed by atoms with Crippen molar-refractivity contribution in [3.63, 3.8) is 0 Å². The number of hydrogen-bond acceptors (Lipinski definition) is 2. The maximum atomic E-state index is 3.46. The smallest absolute Gasteiger partial charge is 0.0357 e. The Kier molecular flexibility index (Phi) is 3.60. The molecule has 1 fully saturated rings. The zero-order chi connectivity index (χ0) is 9.64. The lowest BCUT2D eigenvalue weighted by molar-refractivity contribution is 0.499. The minimum atomic E-state index is 0.895. The van der Waals surface area contributed by atoms with Gasteiger partial charge in [-0.2, -0.15) is 0 Å². The highest BCUT2D eigenvalue weighted by Gasteiger charge is 2.12. The predicted octanol–water partition coefficient (Wildman–Crippen LogP) is 1.10. The average molecular weight is 193 g/mol. The fourth-order valence-corrected chi connectivity index (χ4v) is 1.97. The Labute approximate surface area is 85.3 Å². The van der Waals surface area contributed by atoms with Crippen molar-refractivity contribution in [3.8, 4) is 0 Å². The van der Waals surface area contributed by atoms with Crippen LogP contribution in [0.4, 0.5) is 0 Å². The van der Waals surface area contributed by atoms with Crippen LogP contribution in [0.25, 0.3) is 0 Å². The molecule has 0 radical (unpaired) electrons. The lowest BCUT2D eigenvalue weighted by Gasteiger charge is -2.08. The van der Waals surface area contributed by atoms with Gasteiger partial charge in [-0.05, 0) is 50.5 Å². The Balaban J connectivity index is 1.55. The van der Waals surface area contributed by atoms with Crippen molar-refractivity contribution in [1.29, 1.82) is 0 Å². The summed E-state index contributed by atoms with van der Waals surface area (Å²) in [6.07, 6.45) is 4.62. The van der Waals surface area contributed by atoms with E-state index in [1.807, 2.05) is 12.3 Å². The molecule has 1 aliphatic heterocycles. The van der Waals surface area contributed by atoms with E-state index in [-0.39, 0.29) is 0 Å². The molecule has 1 saturated heterocycles. The second-order valence-corrected chi connectivity index (χ2v) is 4.02. The minimum absolute atomic E-state index is 0.895. The van der Waals surface area contributed by atoms with Gasteiger partial charge in [0.1, 0.15) is 0 Å². The molecule has 1 aromatic rings. The highest BCUT2D eigenvalue weighted by atomic mass is 14.9. The molecule has 0 spiro atoms. The van der Waals surface area contributed by atoms with Gasteiger partial charge >= 0.3 is 0 Å². The van der Waals surface area contributed by atoms with Gasteiger partial charge in [-0.1, -0.05) is 0 Å². The van der Waals surface area contributed by atoms with E-state index in [0.717, 1.165) is 19.0 Å². The second-order valence-electron chi connectivity index (χ2n) is 4.02. The van der Waals surface area contributed by atoms with Crippen LogP contribution in [0.2, 0.25) is 0 Å². The summed E-state index contributed by atoms with van der Waals surface area (Å²) in [7, 11) is 0. The van der Waals surface area contributed by atoms with Crippen molar-refractivity contribution < 1.29 is 0 Å². The molecule has 0 aromatic carbocycles. The van der Waals surface area contributed by atoms with Gasteiger partial charge < -0.3 is 15.6 Å². The normalized spacial score (nSPS) is 21.6. The molecule has 3 nitrogen and oxygen atoms in total. The number of nitrogens with one attached hydrogen (secondary N) is 3. The average Bonchev–Trinajstić information content (AvgIpc) is 2.86. The molecule has 2 rings (SSSR count). The molecule has 0 saturated carbocycles. The fourth-order valence-electron chi connectivity index (χ4n) is 1.97. The Morgan fingerprint density at radius 2 is 2.50 bits per heavy atom. The first-order valence-corrected chi connectivity index (χ1v) is 5.49. The van der Waals surface area contributed by atoms with Crippen LogP contribution in [-0.2, 0) is 6.54 Å². The zero-order valence-corrected chi connectivity index (χ0v) is 8.55. The minimum Gasteiger partial charge on any atom is -0.364 e. The monoisotopic (exact) mass is 193 g/mol. The van der Waals surface area contributed by atoms with E-state index in [0.29, 0.717) is 0 Å². The number of hydrogen-bond donors (Lipinski definition) is 3. The number of aromatic nitrogens is 1. The van der Waals surface area contributed by atoms with Crippen LogP contribution >= 0.6 is 0 Å². The highest BCUT2D eigenvalue weighted by molar-refractivity contribution is 5.02. The van der Waals surface area contributed by atoms with Crippen molar-refractivity contribution in [1.82, 2.24) is 15.6 Å². The van der Waals surface area contributed by atoms with Crippen LogP contribution in [-0.4, -0.2) is 24.6 Å². The van der Waals surface area contributed by atoms with Crippen LogP contribution in [0.1, 0.15) is 18.5 Å². The highest BCUT2D eigenvalue weighted by Crippen LogP contribution is 2.10. The summed E-state index contributed by atoms with van der Waals surface area (Å²) in [4.78, 5) is 3.19. The predicted molar refractivity (Wildman–Crippen MR) is 58.1 cm³/mol. The Morgan fingerprint density at radius 3 is 3.21 bits per heavy atom. The van der Waals surface area contributed by atoms with E-state index in [1.165, 1.54) is 31.6 Å². The third-order valence-corrected chi connectivity index (χ3v) is 2.87. The molecule has 14 heavy (non-hydrogen) atoms. The standard InChI is InChI=1S/C11H19N3/c1-2-11(14-5-1)9-13-7-4-10-3-6-12-8-10/h1-2,5,10,12-14H,3-4,6-9H2. The van der Waals surface area contributed by atoms with Gasteiger partial charge in [0.25, 0.3) is 0 Å². The number of H-pyrrole nitrogens is 1. The largest absolute Gasteiger partial charge is 0.364 e. The molecule has 1 atom stereocenters. The van der Waals surface area contributed by atoms with E-state index in [1.54, 1.807) is 0 Å². The molecular formula is C11H19N3. The van der Waals surface area contributed by atoms with E-state index in [2.05, 4.69) is 21.7 Å². The van der Waals surface area contributed by atoms with E-state index in [4.69, 9.17) is 0 Å². The Bertz CT molecular complexity index is 237. The van der Waals surface area contributed by atoms with Crippen LogP contribution in [0.15, 0.2) is 18.3 Å². The van der Waals surface area contributed by atoms with Gasteiger partial charge in [-0.3, -0.25) is 0 Å². The maximum absolute atomic E-state index is 3.46. The quantitative estimate of drug-likeness (QED) is 0.613. The molecule has 1 unspecified atom stereocenters. The van der Waals surface area contributed by atoms with Crippen molar-refractivity contribution in [2.45, 2.75) is 19.4 Å². The SMILES string of the molecule is c1c[nH]c(CNCCC2CCNC2)c1. The summed E-state index contributed by atoms with van der Waals surface area (Å²) >= 11 is 0. The second kappa shape index (κ2) is 5.17. The molecule has 1 aromatic heterocycles. The maximum Gasteiger partial charge on any atom is 0.0357 e. The summed E-state index contributed by atoms with van der Waals surface area (Å²) < 4.78 is 0. The van der Waals surface area contributed by atoms with Crippen molar-refractivity contribution in [2.75, 3.05) is 19.6 Å². The summed E-state index contributed by atoms with van der Waals surface area (Å²) in [5.74, 6) is 0.895. The van der Waals surface area contributed by atoms with Crippen molar-refractivity contribution in [2.24, 2.45) is 5.92 Å². The molecule has 1 aliphatic rings. The lowest BCUT2D eigenvalue weighted by atomic mass is 10.1. The lowest BCUT2D eigenvalue weighted by Crippen LogP contribution is -2.19. The van der Waals surface area contributed by atoms with Crippen molar-refractivity contribution >= 4 is 0 Å². The topological polar surface area (TPSA) is 39.9 Å². The van der Waals surface area contributed by atoms with Crippen LogP contribution in [0.3, 0.4) is 0 Å². The zero-order valence-electron chi connectivity index (χ0n) is 8.55. The first-order chi connectivity index (χ1) is 6.95. The summed E-state index contributed by atoms with van der Waals surface area (Å²) in [5, 5.41) is 6.85. The molecule has 0 bridgehead atoms. The summed E-state index contributed by atoms with van der Waals surface area (Å²) in [6.45, 7) is 4.52. The van der Waals surface area contributed by atoms with Gasteiger partial charge in [-0.25, -0.2) is 0 Å². The molecule has 78 valence electrons.